The Morgan fingerprint density at radius 2 is 1.49 bits per heavy atom. The predicted molar refractivity (Wildman–Crippen MR) is 162 cm³/mol. The number of nitrogens with one attached hydrogen (secondary N) is 1. The van der Waals surface area contributed by atoms with E-state index in [-0.39, 0.29) is 34.9 Å². The first-order chi connectivity index (χ1) is 19.3. The first-order valence-corrected chi connectivity index (χ1v) is 14.7. The minimum absolute atomic E-state index is 0.114. The molecule has 1 N–H and O–H groups in total. The number of rotatable bonds is 6. The van der Waals surface area contributed by atoms with Gasteiger partial charge in [0, 0.05) is 53.5 Å². The average Bonchev–Trinajstić information content (AvgIpc) is 2.87. The minimum atomic E-state index is -0.428. The smallest absolute Gasteiger partial charge is 0.262 e. The fourth-order valence-corrected chi connectivity index (χ4v) is 6.71. The van der Waals surface area contributed by atoms with Crippen LogP contribution >= 0.6 is 0 Å². The zero-order chi connectivity index (χ0) is 29.7. The van der Waals surface area contributed by atoms with Crippen molar-refractivity contribution in [3.05, 3.63) is 81.7 Å². The predicted octanol–water partition coefficient (Wildman–Crippen LogP) is 7.03. The molecule has 2 aromatic rings. The quantitative estimate of drug-likeness (QED) is 0.415. The fourth-order valence-electron chi connectivity index (χ4n) is 6.71. The molecule has 41 heavy (non-hydrogen) atoms. The van der Waals surface area contributed by atoms with Gasteiger partial charge in [-0.1, -0.05) is 45.9 Å². The molecule has 1 aliphatic heterocycles. The molecule has 216 valence electrons. The van der Waals surface area contributed by atoms with E-state index in [9.17, 15) is 14.4 Å². The van der Waals surface area contributed by atoms with E-state index in [4.69, 9.17) is 4.74 Å². The lowest BCUT2D eigenvalue weighted by atomic mass is 9.63. The fraction of sp³-hybridized carbons (Fsp3) is 0.457. The van der Waals surface area contributed by atoms with Gasteiger partial charge in [0.1, 0.15) is 5.75 Å². The van der Waals surface area contributed by atoms with Crippen LogP contribution in [0.15, 0.2) is 65.0 Å². The van der Waals surface area contributed by atoms with Crippen LogP contribution in [0.25, 0.3) is 0 Å². The van der Waals surface area contributed by atoms with Gasteiger partial charge in [-0.3, -0.25) is 14.4 Å². The van der Waals surface area contributed by atoms with Crippen LogP contribution in [0.4, 0.5) is 5.69 Å². The van der Waals surface area contributed by atoms with Crippen LogP contribution in [0, 0.1) is 24.7 Å². The first-order valence-electron chi connectivity index (χ1n) is 14.7. The van der Waals surface area contributed by atoms with Crippen molar-refractivity contribution in [1.29, 1.82) is 0 Å². The van der Waals surface area contributed by atoms with E-state index in [1.165, 1.54) is 0 Å². The summed E-state index contributed by atoms with van der Waals surface area (Å²) in [5.74, 6) is 0.0836. The van der Waals surface area contributed by atoms with Crippen LogP contribution in [0.5, 0.6) is 5.75 Å². The number of nitrogens with zero attached hydrogens (tertiary/aromatic N) is 1. The zero-order valence-electron chi connectivity index (χ0n) is 25.4. The normalized spacial score (nSPS) is 20.1. The second-order valence-electron chi connectivity index (χ2n) is 13.5. The molecule has 0 atom stereocenters. The summed E-state index contributed by atoms with van der Waals surface area (Å²) in [5, 5.41) is 2.90. The van der Waals surface area contributed by atoms with Gasteiger partial charge in [-0.2, -0.15) is 0 Å². The Morgan fingerprint density at radius 3 is 2.05 bits per heavy atom. The Morgan fingerprint density at radius 1 is 0.878 bits per heavy atom. The third-order valence-electron chi connectivity index (χ3n) is 8.69. The number of hydrogen-bond donors (Lipinski definition) is 1. The molecule has 3 aliphatic rings. The van der Waals surface area contributed by atoms with Gasteiger partial charge in [-0.25, -0.2) is 0 Å². The highest BCUT2D eigenvalue weighted by atomic mass is 16.5. The number of amides is 1. The molecule has 0 saturated carbocycles. The van der Waals surface area contributed by atoms with Gasteiger partial charge in [-0.15, -0.1) is 0 Å². The van der Waals surface area contributed by atoms with Gasteiger partial charge in [0.25, 0.3) is 5.91 Å². The van der Waals surface area contributed by atoms with E-state index >= 15 is 0 Å². The lowest BCUT2D eigenvalue weighted by Gasteiger charge is -2.48. The number of Topliss-reactive ketones (excluding diaryl/α,β-unsaturated/α-hetero) is 2. The van der Waals surface area contributed by atoms with Gasteiger partial charge in [0.15, 0.2) is 18.2 Å². The van der Waals surface area contributed by atoms with E-state index in [2.05, 4.69) is 44.8 Å². The molecule has 5 rings (SSSR count). The molecule has 0 unspecified atom stereocenters. The monoisotopic (exact) mass is 554 g/mol. The minimum Gasteiger partial charge on any atom is -0.484 e. The summed E-state index contributed by atoms with van der Waals surface area (Å²) in [7, 11) is 0. The van der Waals surface area contributed by atoms with Gasteiger partial charge < -0.3 is 15.0 Å². The molecule has 1 heterocycles. The highest BCUT2D eigenvalue weighted by Crippen LogP contribution is 2.54. The lowest BCUT2D eigenvalue weighted by Crippen LogP contribution is -2.44. The van der Waals surface area contributed by atoms with Crippen molar-refractivity contribution in [2.75, 3.05) is 18.5 Å². The molecule has 0 radical (unpaired) electrons. The lowest BCUT2D eigenvalue weighted by molar-refractivity contribution is -0.120. The second kappa shape index (κ2) is 10.6. The Bertz CT molecular complexity index is 1440. The van der Waals surface area contributed by atoms with E-state index in [1.807, 2.05) is 56.3 Å². The Hall–Kier alpha value is -3.67. The van der Waals surface area contributed by atoms with Gasteiger partial charge in [0.05, 0.1) is 0 Å². The second-order valence-corrected chi connectivity index (χ2v) is 13.5. The van der Waals surface area contributed by atoms with Crippen LogP contribution in [0.2, 0.25) is 0 Å². The van der Waals surface area contributed by atoms with E-state index in [1.54, 1.807) is 0 Å². The number of hydrogen-bond acceptors (Lipinski definition) is 5. The van der Waals surface area contributed by atoms with Crippen molar-refractivity contribution in [3.63, 3.8) is 0 Å². The summed E-state index contributed by atoms with van der Waals surface area (Å²) in [4.78, 5) is 42.6. The number of benzene rings is 2. The SMILES string of the molecule is CCN1C2=C(C(=O)CC(C)(C)C2)C(c2cccc(OCC(=O)Nc3ccc(C)c(C)c3)c2)C2=C1CC(C)(C)CC2=O. The molecule has 0 saturated heterocycles. The van der Waals surface area contributed by atoms with Crippen molar-refractivity contribution in [3.8, 4) is 5.75 Å². The largest absolute Gasteiger partial charge is 0.484 e. The standard InChI is InChI=1S/C35H42N2O4/c1-8-37-26-16-34(4,5)18-28(38)32(26)31(33-27(37)17-35(6,7)19-29(33)39)23-10-9-11-25(15-23)41-20-30(40)36-24-13-12-21(2)22(3)14-24/h9-15,31H,8,16-20H2,1-7H3,(H,36,40). The average molecular weight is 555 g/mol. The molecule has 0 fully saturated rings. The molecule has 0 spiro atoms. The number of anilines is 1. The van der Waals surface area contributed by atoms with Gasteiger partial charge >= 0.3 is 0 Å². The van der Waals surface area contributed by atoms with Crippen molar-refractivity contribution < 1.29 is 19.1 Å². The summed E-state index contributed by atoms with van der Waals surface area (Å²) in [6.45, 7) is 15.3. The first kappa shape index (κ1) is 28.8. The Balaban J connectivity index is 1.48. The summed E-state index contributed by atoms with van der Waals surface area (Å²) in [5.41, 5.74) is 7.19. The van der Waals surface area contributed by atoms with Crippen LogP contribution in [0.3, 0.4) is 0 Å². The summed E-state index contributed by atoms with van der Waals surface area (Å²) in [6, 6.07) is 13.4. The summed E-state index contributed by atoms with van der Waals surface area (Å²) < 4.78 is 5.94. The Labute approximate surface area is 243 Å². The number of carbonyl (C=O) groups is 3. The van der Waals surface area contributed by atoms with Crippen molar-refractivity contribution >= 4 is 23.2 Å². The van der Waals surface area contributed by atoms with Crippen molar-refractivity contribution in [2.24, 2.45) is 10.8 Å². The van der Waals surface area contributed by atoms with Crippen molar-refractivity contribution in [1.82, 2.24) is 4.90 Å². The molecule has 2 aliphatic carbocycles. The molecular formula is C35H42N2O4. The number of ether oxygens (including phenoxy) is 1. The number of allylic oxidation sites excluding steroid dienone is 4. The van der Waals surface area contributed by atoms with Crippen molar-refractivity contribution in [2.45, 2.75) is 80.1 Å². The number of aryl methyl sites for hydroxylation is 2. The summed E-state index contributed by atoms with van der Waals surface area (Å²) in [6.07, 6.45) is 2.49. The molecule has 2 aromatic carbocycles. The van der Waals surface area contributed by atoms with E-state index in [0.29, 0.717) is 18.6 Å². The molecular weight excluding hydrogens is 512 g/mol. The maximum atomic E-state index is 13.8. The molecule has 0 aromatic heterocycles. The molecule has 6 nitrogen and oxygen atoms in total. The highest BCUT2D eigenvalue weighted by Gasteiger charge is 2.48. The maximum absolute atomic E-state index is 13.8. The molecule has 1 amide bonds. The Kier molecular flexibility index (Phi) is 7.47. The third-order valence-corrected chi connectivity index (χ3v) is 8.69. The topological polar surface area (TPSA) is 75.7 Å². The highest BCUT2D eigenvalue weighted by molar-refractivity contribution is 6.06. The van der Waals surface area contributed by atoms with Gasteiger partial charge in [0.2, 0.25) is 0 Å². The van der Waals surface area contributed by atoms with E-state index < -0.39 is 5.92 Å². The van der Waals surface area contributed by atoms with Crippen LogP contribution in [0.1, 0.15) is 82.9 Å². The van der Waals surface area contributed by atoms with Crippen LogP contribution < -0.4 is 10.1 Å². The van der Waals surface area contributed by atoms with Gasteiger partial charge in [-0.05, 0) is 85.4 Å². The van der Waals surface area contributed by atoms with E-state index in [0.717, 1.165) is 64.3 Å². The third kappa shape index (κ3) is 5.74. The van der Waals surface area contributed by atoms with Crippen LogP contribution in [-0.4, -0.2) is 35.5 Å². The molecule has 0 bridgehead atoms. The van der Waals surface area contributed by atoms with Crippen LogP contribution in [-0.2, 0) is 14.4 Å². The maximum Gasteiger partial charge on any atom is 0.262 e. The zero-order valence-corrected chi connectivity index (χ0v) is 25.4. The number of carbonyl (C=O) groups excluding carboxylic acids is 3. The summed E-state index contributed by atoms with van der Waals surface area (Å²) >= 11 is 0. The molecule has 6 heteroatoms. The number of ketones is 2.